The molecule has 11 heteroatoms. The molecule has 8 nitrogen and oxygen atoms in total. The van der Waals surface area contributed by atoms with E-state index in [2.05, 4.69) is 15.6 Å². The van der Waals surface area contributed by atoms with E-state index < -0.39 is 21.7 Å². The van der Waals surface area contributed by atoms with Crippen LogP contribution in [0.5, 0.6) is 5.75 Å². The summed E-state index contributed by atoms with van der Waals surface area (Å²) in [5.74, 6) is -0.567. The van der Waals surface area contributed by atoms with Gasteiger partial charge in [-0.3, -0.25) is 4.79 Å². The third-order valence-electron chi connectivity index (χ3n) is 6.19. The highest BCUT2D eigenvalue weighted by atomic mass is 32.2. The van der Waals surface area contributed by atoms with Gasteiger partial charge in [-0.2, -0.15) is 4.31 Å². The van der Waals surface area contributed by atoms with Gasteiger partial charge in [-0.1, -0.05) is 19.3 Å². The molecule has 2 aromatic carbocycles. The average molecular weight is 533 g/mol. The van der Waals surface area contributed by atoms with Crippen molar-refractivity contribution in [2.24, 2.45) is 0 Å². The smallest absolute Gasteiger partial charge is 0.243 e. The second kappa shape index (κ2) is 11.4. The van der Waals surface area contributed by atoms with Crippen LogP contribution < -0.4 is 15.4 Å². The number of benzene rings is 2. The number of nitrogens with one attached hydrogen (secondary N) is 2. The summed E-state index contributed by atoms with van der Waals surface area (Å²) in [6.07, 6.45) is 4.15. The van der Waals surface area contributed by atoms with Gasteiger partial charge in [0.05, 0.1) is 29.9 Å². The quantitative estimate of drug-likeness (QED) is 0.404. The molecule has 0 spiro atoms. The first-order chi connectivity index (χ1) is 17.3. The van der Waals surface area contributed by atoms with Crippen molar-refractivity contribution in [2.45, 2.75) is 43.0 Å². The van der Waals surface area contributed by atoms with E-state index in [0.717, 1.165) is 47.8 Å². The van der Waals surface area contributed by atoms with Gasteiger partial charge in [0.25, 0.3) is 0 Å². The third-order valence-corrected chi connectivity index (χ3v) is 8.96. The minimum absolute atomic E-state index is 0.0364. The van der Waals surface area contributed by atoms with Gasteiger partial charge in [-0.25, -0.2) is 17.8 Å². The number of halogens is 1. The van der Waals surface area contributed by atoms with E-state index in [1.165, 1.54) is 34.9 Å². The fraction of sp³-hybridized carbons (Fsp3) is 0.360. The van der Waals surface area contributed by atoms with Gasteiger partial charge in [-0.05, 0) is 55.3 Å². The lowest BCUT2D eigenvalue weighted by molar-refractivity contribution is -0.116. The molecule has 0 aliphatic heterocycles. The molecular weight excluding hydrogens is 503 g/mol. The minimum atomic E-state index is -4.01. The lowest BCUT2D eigenvalue weighted by Crippen LogP contribution is -2.45. The number of sulfonamides is 1. The maximum absolute atomic E-state index is 13.5. The fourth-order valence-electron chi connectivity index (χ4n) is 4.34. The van der Waals surface area contributed by atoms with Crippen LogP contribution in [-0.4, -0.2) is 50.4 Å². The molecule has 1 aliphatic rings. The first-order valence-corrected chi connectivity index (χ1v) is 14.0. The number of carbonyl (C=O) groups excluding carboxylic acids is 1. The van der Waals surface area contributed by atoms with Crippen LogP contribution in [0.2, 0.25) is 0 Å². The molecule has 1 fully saturated rings. The molecule has 0 unspecified atom stereocenters. The van der Waals surface area contributed by atoms with E-state index in [1.807, 2.05) is 11.4 Å². The average Bonchev–Trinajstić information content (AvgIpc) is 3.37. The van der Waals surface area contributed by atoms with Gasteiger partial charge in [0.2, 0.25) is 15.9 Å². The summed E-state index contributed by atoms with van der Waals surface area (Å²) in [6.45, 7) is -0.363. The number of methoxy groups -OCH3 is 1. The van der Waals surface area contributed by atoms with Gasteiger partial charge in [0.1, 0.15) is 11.6 Å². The Bertz CT molecular complexity index is 1310. The third kappa shape index (κ3) is 5.85. The molecule has 1 amide bonds. The number of aromatic nitrogens is 1. The second-order valence-electron chi connectivity index (χ2n) is 8.55. The predicted octanol–water partition coefficient (Wildman–Crippen LogP) is 4.96. The van der Waals surface area contributed by atoms with E-state index in [0.29, 0.717) is 24.3 Å². The Morgan fingerprint density at radius 1 is 1.17 bits per heavy atom. The molecule has 36 heavy (non-hydrogen) atoms. The molecule has 0 bridgehead atoms. The van der Waals surface area contributed by atoms with Crippen LogP contribution in [0.25, 0.3) is 11.3 Å². The van der Waals surface area contributed by atoms with Crippen molar-refractivity contribution in [2.75, 3.05) is 31.3 Å². The molecule has 3 aromatic rings. The van der Waals surface area contributed by atoms with Crippen molar-refractivity contribution < 1.29 is 22.3 Å². The minimum Gasteiger partial charge on any atom is -0.495 e. The fourth-order valence-corrected chi connectivity index (χ4v) is 6.66. The zero-order valence-corrected chi connectivity index (χ0v) is 21.8. The Kier molecular flexibility index (Phi) is 8.22. The van der Waals surface area contributed by atoms with Crippen LogP contribution in [-0.2, 0) is 14.8 Å². The first kappa shape index (κ1) is 26.1. The van der Waals surface area contributed by atoms with Crippen LogP contribution in [0.4, 0.5) is 15.2 Å². The van der Waals surface area contributed by atoms with Crippen LogP contribution in [0, 0.1) is 5.82 Å². The van der Waals surface area contributed by atoms with Crippen molar-refractivity contribution in [3.63, 3.8) is 0 Å². The van der Waals surface area contributed by atoms with E-state index in [1.54, 1.807) is 19.2 Å². The Hall–Kier alpha value is -3.02. The number of ether oxygens (including phenoxy) is 1. The molecular formula is C25H29FN4O4S2. The van der Waals surface area contributed by atoms with Crippen LogP contribution in [0.3, 0.4) is 0 Å². The predicted molar refractivity (Wildman–Crippen MR) is 139 cm³/mol. The molecule has 1 aliphatic carbocycles. The van der Waals surface area contributed by atoms with Crippen LogP contribution >= 0.6 is 11.3 Å². The zero-order chi connectivity index (χ0) is 25.7. The summed E-state index contributed by atoms with van der Waals surface area (Å²) in [5.41, 5.74) is 1.94. The highest BCUT2D eigenvalue weighted by Crippen LogP contribution is 2.33. The van der Waals surface area contributed by atoms with Crippen LogP contribution in [0.15, 0.2) is 52.7 Å². The van der Waals surface area contributed by atoms with Crippen LogP contribution in [0.1, 0.15) is 32.1 Å². The number of nitrogens with zero attached hydrogens (tertiary/aromatic N) is 2. The molecule has 2 N–H and O–H groups in total. The molecule has 0 radical (unpaired) electrons. The lowest BCUT2D eigenvalue weighted by atomic mass is 9.95. The number of anilines is 2. The normalized spacial score (nSPS) is 14.6. The molecule has 0 atom stereocenters. The summed E-state index contributed by atoms with van der Waals surface area (Å²) in [5, 5.41) is 8.49. The molecule has 192 valence electrons. The largest absolute Gasteiger partial charge is 0.495 e. The Balaban J connectivity index is 1.60. The highest BCUT2D eigenvalue weighted by Gasteiger charge is 2.34. The van der Waals surface area contributed by atoms with Crippen molar-refractivity contribution in [3.05, 3.63) is 53.7 Å². The number of thiazole rings is 1. The number of rotatable bonds is 9. The summed E-state index contributed by atoms with van der Waals surface area (Å²) in [7, 11) is -0.721. The maximum Gasteiger partial charge on any atom is 0.243 e. The number of amides is 1. The van der Waals surface area contributed by atoms with Crippen molar-refractivity contribution in [3.8, 4) is 17.0 Å². The number of hydrogen-bond acceptors (Lipinski definition) is 7. The second-order valence-corrected chi connectivity index (χ2v) is 11.3. The van der Waals surface area contributed by atoms with Gasteiger partial charge in [0.15, 0.2) is 5.13 Å². The zero-order valence-electron chi connectivity index (χ0n) is 20.2. The molecule has 1 aromatic heterocycles. The lowest BCUT2D eigenvalue weighted by Gasteiger charge is -2.33. The summed E-state index contributed by atoms with van der Waals surface area (Å²) < 4.78 is 47.1. The standard InChI is InChI=1S/C25H29FN4O4S2/c1-27-25-29-22(16-35-25)17-8-13-23(34-2)21(14-17)28-24(31)15-30(19-6-4-3-5-7-19)36(32,33)20-11-9-18(26)10-12-20/h8-14,16,19H,3-7,15H2,1-2H3,(H,27,29)(H,28,31). The van der Waals surface area contributed by atoms with Crippen molar-refractivity contribution in [1.82, 2.24) is 9.29 Å². The Labute approximate surface area is 214 Å². The summed E-state index contributed by atoms with van der Waals surface area (Å²) in [4.78, 5) is 17.7. The molecule has 0 saturated heterocycles. The van der Waals surface area contributed by atoms with E-state index in [-0.39, 0.29) is 17.5 Å². The number of hydrogen-bond donors (Lipinski definition) is 2. The van der Waals surface area contributed by atoms with E-state index in [4.69, 9.17) is 4.74 Å². The van der Waals surface area contributed by atoms with E-state index in [9.17, 15) is 17.6 Å². The van der Waals surface area contributed by atoms with Crippen molar-refractivity contribution in [1.29, 1.82) is 0 Å². The van der Waals surface area contributed by atoms with Gasteiger partial charge >= 0.3 is 0 Å². The summed E-state index contributed by atoms with van der Waals surface area (Å²) >= 11 is 1.46. The van der Waals surface area contributed by atoms with E-state index >= 15 is 0 Å². The van der Waals surface area contributed by atoms with Gasteiger partial charge in [-0.15, -0.1) is 11.3 Å². The molecule has 1 heterocycles. The molecule has 4 rings (SSSR count). The maximum atomic E-state index is 13.5. The monoisotopic (exact) mass is 532 g/mol. The van der Waals surface area contributed by atoms with Gasteiger partial charge < -0.3 is 15.4 Å². The highest BCUT2D eigenvalue weighted by molar-refractivity contribution is 7.89. The summed E-state index contributed by atoms with van der Waals surface area (Å²) in [6, 6.07) is 9.72. The van der Waals surface area contributed by atoms with Crippen molar-refractivity contribution >= 4 is 38.1 Å². The number of carbonyl (C=O) groups is 1. The molecule has 1 saturated carbocycles. The topological polar surface area (TPSA) is 101 Å². The SMILES string of the molecule is CNc1nc(-c2ccc(OC)c(NC(=O)CN(C3CCCCC3)S(=O)(=O)c3ccc(F)cc3)c2)cs1. The Morgan fingerprint density at radius 2 is 1.89 bits per heavy atom. The first-order valence-electron chi connectivity index (χ1n) is 11.7. The Morgan fingerprint density at radius 3 is 2.53 bits per heavy atom. The van der Waals surface area contributed by atoms with Gasteiger partial charge in [0, 0.05) is 24.0 Å².